The fraction of sp³-hybridized carbons (Fsp3) is 0.500. The van der Waals surface area contributed by atoms with Gasteiger partial charge in [-0.3, -0.25) is 0 Å². The van der Waals surface area contributed by atoms with Crippen LogP contribution in [0.1, 0.15) is 25.7 Å². The predicted molar refractivity (Wildman–Crippen MR) is 78.8 cm³/mol. The fourth-order valence-electron chi connectivity index (χ4n) is 2.61. The SMILES string of the molecule is O=[N+]([O-])c1c(N2CCCCCC2)cc(Cl)c2n[se]nc12. The Hall–Kier alpha value is -1.17. The minimum absolute atomic E-state index is 0.0643. The fourth-order valence-corrected chi connectivity index (χ4v) is 4.14. The van der Waals surface area contributed by atoms with Crippen molar-refractivity contribution in [3.05, 3.63) is 21.2 Å². The quantitative estimate of drug-likeness (QED) is 0.468. The summed E-state index contributed by atoms with van der Waals surface area (Å²) in [7, 11) is 0. The van der Waals surface area contributed by atoms with Gasteiger partial charge in [0.15, 0.2) is 0 Å². The zero-order chi connectivity index (χ0) is 14.1. The van der Waals surface area contributed by atoms with Crippen molar-refractivity contribution in [3.63, 3.8) is 0 Å². The van der Waals surface area contributed by atoms with Crippen LogP contribution in [0.4, 0.5) is 11.4 Å². The number of anilines is 1. The Morgan fingerprint density at radius 1 is 1.20 bits per heavy atom. The molecule has 1 fully saturated rings. The van der Waals surface area contributed by atoms with Crippen LogP contribution in [0.2, 0.25) is 5.02 Å². The van der Waals surface area contributed by atoms with Gasteiger partial charge in [0.2, 0.25) is 0 Å². The summed E-state index contributed by atoms with van der Waals surface area (Å²) in [6, 6.07) is 1.68. The molecule has 1 aromatic heterocycles. The summed E-state index contributed by atoms with van der Waals surface area (Å²) < 4.78 is 8.39. The van der Waals surface area contributed by atoms with Gasteiger partial charge in [-0.25, -0.2) is 0 Å². The first-order valence-electron chi connectivity index (χ1n) is 6.52. The number of fused-ring (bicyclic) bond motifs is 1. The third-order valence-corrected chi connectivity index (χ3v) is 4.97. The summed E-state index contributed by atoms with van der Waals surface area (Å²) in [5.41, 5.74) is 1.51. The first-order chi connectivity index (χ1) is 9.68. The van der Waals surface area contributed by atoms with E-state index in [9.17, 15) is 10.1 Å². The molecule has 0 amide bonds. The minimum atomic E-state index is -0.351. The Kier molecular flexibility index (Phi) is 3.91. The van der Waals surface area contributed by atoms with Crippen LogP contribution in [0.5, 0.6) is 0 Å². The molecule has 0 N–H and O–H groups in total. The number of hydrogen-bond acceptors (Lipinski definition) is 5. The molecule has 1 saturated heterocycles. The van der Waals surface area contributed by atoms with Crippen LogP contribution in [0.3, 0.4) is 0 Å². The number of hydrogen-bond donors (Lipinski definition) is 0. The van der Waals surface area contributed by atoms with Gasteiger partial charge in [0, 0.05) is 0 Å². The van der Waals surface area contributed by atoms with E-state index >= 15 is 0 Å². The van der Waals surface area contributed by atoms with Gasteiger partial charge in [-0.15, -0.1) is 0 Å². The van der Waals surface area contributed by atoms with E-state index in [1.807, 2.05) is 0 Å². The maximum atomic E-state index is 11.5. The van der Waals surface area contributed by atoms with Gasteiger partial charge in [0.1, 0.15) is 0 Å². The molecule has 6 nitrogen and oxygen atoms in total. The van der Waals surface area contributed by atoms with Crippen LogP contribution in [0.25, 0.3) is 11.0 Å². The summed E-state index contributed by atoms with van der Waals surface area (Å²) in [5.74, 6) is 0. The number of aromatic nitrogens is 2. The molecule has 106 valence electrons. The number of nitrogens with zero attached hydrogens (tertiary/aromatic N) is 4. The first-order valence-corrected chi connectivity index (χ1v) is 8.43. The molecule has 2 heterocycles. The Balaban J connectivity index is 2.17. The average molecular weight is 360 g/mol. The Labute approximate surface area is 127 Å². The van der Waals surface area contributed by atoms with E-state index in [0.29, 0.717) is 21.7 Å². The van der Waals surface area contributed by atoms with Gasteiger partial charge in [0.05, 0.1) is 0 Å². The van der Waals surface area contributed by atoms with Gasteiger partial charge in [0.25, 0.3) is 0 Å². The molecular weight excluding hydrogens is 347 g/mol. The van der Waals surface area contributed by atoms with Crippen molar-refractivity contribution in [2.45, 2.75) is 25.7 Å². The van der Waals surface area contributed by atoms with E-state index in [4.69, 9.17) is 11.6 Å². The summed E-state index contributed by atoms with van der Waals surface area (Å²) in [6.45, 7) is 1.66. The summed E-state index contributed by atoms with van der Waals surface area (Å²) in [4.78, 5) is 13.2. The molecule has 3 rings (SSSR count). The Morgan fingerprint density at radius 3 is 2.50 bits per heavy atom. The van der Waals surface area contributed by atoms with Crippen molar-refractivity contribution >= 4 is 49.0 Å². The van der Waals surface area contributed by atoms with E-state index in [2.05, 4.69) is 12.9 Å². The third kappa shape index (κ3) is 2.41. The normalized spacial score (nSPS) is 16.4. The molecule has 2 aromatic rings. The predicted octanol–water partition coefficient (Wildman–Crippen LogP) is 2.63. The molecule has 0 unspecified atom stereocenters. The molecule has 0 atom stereocenters. The van der Waals surface area contributed by atoms with E-state index in [1.54, 1.807) is 6.07 Å². The summed E-state index contributed by atoms with van der Waals surface area (Å²) >= 11 is 5.89. The second-order valence-corrected chi connectivity index (χ2v) is 6.36. The number of nitro benzene ring substituents is 1. The Morgan fingerprint density at radius 2 is 1.85 bits per heavy atom. The zero-order valence-corrected chi connectivity index (χ0v) is 13.2. The summed E-state index contributed by atoms with van der Waals surface area (Å²) in [6.07, 6.45) is 4.45. The molecule has 1 aromatic carbocycles. The Bertz CT molecular complexity index is 652. The van der Waals surface area contributed by atoms with Crippen molar-refractivity contribution in [2.24, 2.45) is 0 Å². The van der Waals surface area contributed by atoms with Gasteiger partial charge < -0.3 is 0 Å². The second-order valence-electron chi connectivity index (χ2n) is 4.85. The molecule has 20 heavy (non-hydrogen) atoms. The number of benzene rings is 1. The summed E-state index contributed by atoms with van der Waals surface area (Å²) in [5, 5.41) is 11.9. The van der Waals surface area contributed by atoms with Crippen LogP contribution >= 0.6 is 11.6 Å². The molecule has 0 aliphatic carbocycles. The van der Waals surface area contributed by atoms with Crippen molar-refractivity contribution in [2.75, 3.05) is 18.0 Å². The number of halogens is 1. The standard InChI is InChI=1S/C12H13ClN4O2Se/c13-8-7-9(16-5-3-1-2-4-6-16)12(17(18)19)11-10(8)14-20-15-11/h7H,1-6H2. The molecule has 0 spiro atoms. The van der Waals surface area contributed by atoms with Crippen molar-refractivity contribution in [1.29, 1.82) is 0 Å². The van der Waals surface area contributed by atoms with Crippen LogP contribution in [-0.4, -0.2) is 40.9 Å². The monoisotopic (exact) mass is 360 g/mol. The van der Waals surface area contributed by atoms with Gasteiger partial charge in [-0.2, -0.15) is 0 Å². The van der Waals surface area contributed by atoms with Crippen molar-refractivity contribution in [3.8, 4) is 0 Å². The molecule has 8 heteroatoms. The molecule has 0 radical (unpaired) electrons. The van der Waals surface area contributed by atoms with Crippen LogP contribution in [0, 0.1) is 10.1 Å². The van der Waals surface area contributed by atoms with E-state index in [-0.39, 0.29) is 25.6 Å². The maximum absolute atomic E-state index is 11.5. The van der Waals surface area contributed by atoms with Gasteiger partial charge in [-0.1, -0.05) is 0 Å². The number of rotatable bonds is 2. The third-order valence-electron chi connectivity index (χ3n) is 3.57. The van der Waals surface area contributed by atoms with E-state index < -0.39 is 0 Å². The zero-order valence-electron chi connectivity index (χ0n) is 10.7. The van der Waals surface area contributed by atoms with Crippen LogP contribution < -0.4 is 4.90 Å². The average Bonchev–Trinajstić information content (AvgIpc) is 2.74. The number of nitro groups is 1. The molecule has 1 aliphatic heterocycles. The van der Waals surface area contributed by atoms with Gasteiger partial charge >= 0.3 is 127 Å². The first kappa shape index (κ1) is 13.8. The van der Waals surface area contributed by atoms with E-state index in [0.717, 1.165) is 25.9 Å². The van der Waals surface area contributed by atoms with Gasteiger partial charge in [-0.05, 0) is 0 Å². The molecule has 0 saturated carbocycles. The molecular formula is C12H13ClN4O2Se. The van der Waals surface area contributed by atoms with Crippen molar-refractivity contribution < 1.29 is 4.92 Å². The van der Waals surface area contributed by atoms with Crippen molar-refractivity contribution in [1.82, 2.24) is 7.96 Å². The molecule has 0 bridgehead atoms. The van der Waals surface area contributed by atoms with E-state index in [1.165, 1.54) is 12.8 Å². The topological polar surface area (TPSA) is 72.2 Å². The molecule has 1 aliphatic rings. The second kappa shape index (κ2) is 5.68. The van der Waals surface area contributed by atoms with Crippen LogP contribution in [-0.2, 0) is 0 Å². The van der Waals surface area contributed by atoms with Crippen LogP contribution in [0.15, 0.2) is 6.07 Å².